The number of halogens is 1. The molecule has 1 aliphatic heterocycles. The number of benzene rings is 1. The Morgan fingerprint density at radius 1 is 1.53 bits per heavy atom. The lowest BCUT2D eigenvalue weighted by Gasteiger charge is -2.09. The van der Waals surface area contributed by atoms with Gasteiger partial charge in [-0.15, -0.1) is 0 Å². The summed E-state index contributed by atoms with van der Waals surface area (Å²) in [6.45, 7) is 1.83. The molecule has 0 radical (unpaired) electrons. The summed E-state index contributed by atoms with van der Waals surface area (Å²) < 4.78 is 5.62. The Hall–Kier alpha value is -0.730. The molecule has 3 heteroatoms. The van der Waals surface area contributed by atoms with E-state index in [2.05, 4.69) is 5.32 Å². The second-order valence-electron chi connectivity index (χ2n) is 3.91. The Balaban J connectivity index is 2.07. The topological polar surface area (TPSA) is 21.3 Å². The highest BCUT2D eigenvalue weighted by Crippen LogP contribution is 2.40. The zero-order valence-corrected chi connectivity index (χ0v) is 9.68. The SMILES string of the molecule is CNCCCC1COc2cccc(Cl)c21. The summed E-state index contributed by atoms with van der Waals surface area (Å²) in [5.74, 6) is 1.44. The molecule has 0 aromatic heterocycles. The van der Waals surface area contributed by atoms with Crippen molar-refractivity contribution >= 4 is 11.6 Å². The van der Waals surface area contributed by atoms with Crippen molar-refractivity contribution in [3.8, 4) is 5.75 Å². The number of ether oxygens (including phenoxy) is 1. The van der Waals surface area contributed by atoms with Gasteiger partial charge in [-0.2, -0.15) is 0 Å². The Kier molecular flexibility index (Phi) is 3.49. The van der Waals surface area contributed by atoms with E-state index in [0.29, 0.717) is 5.92 Å². The average molecular weight is 226 g/mol. The lowest BCUT2D eigenvalue weighted by Crippen LogP contribution is -2.10. The average Bonchev–Trinajstić information content (AvgIpc) is 2.63. The molecule has 15 heavy (non-hydrogen) atoms. The quantitative estimate of drug-likeness (QED) is 0.796. The maximum Gasteiger partial charge on any atom is 0.124 e. The minimum absolute atomic E-state index is 0.474. The second kappa shape index (κ2) is 4.86. The molecule has 1 heterocycles. The summed E-state index contributed by atoms with van der Waals surface area (Å²) in [4.78, 5) is 0. The fraction of sp³-hybridized carbons (Fsp3) is 0.500. The Bertz CT molecular complexity index is 340. The summed E-state index contributed by atoms with van der Waals surface area (Å²) in [5, 5.41) is 4.00. The van der Waals surface area contributed by atoms with Gasteiger partial charge >= 0.3 is 0 Å². The Labute approximate surface area is 95.6 Å². The van der Waals surface area contributed by atoms with Crippen LogP contribution < -0.4 is 10.1 Å². The molecule has 0 aliphatic carbocycles. The standard InChI is InChI=1S/C12H16ClNO/c1-14-7-3-4-9-8-15-11-6-2-5-10(13)12(9)11/h2,5-6,9,14H,3-4,7-8H2,1H3. The van der Waals surface area contributed by atoms with Crippen molar-refractivity contribution in [2.75, 3.05) is 20.2 Å². The van der Waals surface area contributed by atoms with E-state index >= 15 is 0 Å². The molecular weight excluding hydrogens is 210 g/mol. The summed E-state index contributed by atoms with van der Waals surface area (Å²) in [6, 6.07) is 5.89. The first-order valence-corrected chi connectivity index (χ1v) is 5.76. The number of nitrogens with one attached hydrogen (secondary N) is 1. The molecule has 0 saturated carbocycles. The van der Waals surface area contributed by atoms with Gasteiger partial charge in [0.05, 0.1) is 6.61 Å². The first-order valence-electron chi connectivity index (χ1n) is 5.38. The summed E-state index contributed by atoms with van der Waals surface area (Å²) in [6.07, 6.45) is 2.30. The highest BCUT2D eigenvalue weighted by atomic mass is 35.5. The van der Waals surface area contributed by atoms with Gasteiger partial charge in [-0.3, -0.25) is 0 Å². The van der Waals surface area contributed by atoms with Gasteiger partial charge in [0.15, 0.2) is 0 Å². The highest BCUT2D eigenvalue weighted by molar-refractivity contribution is 6.31. The van der Waals surface area contributed by atoms with Gasteiger partial charge in [0.1, 0.15) is 5.75 Å². The Morgan fingerprint density at radius 2 is 2.40 bits per heavy atom. The van der Waals surface area contributed by atoms with Gasteiger partial charge in [0, 0.05) is 16.5 Å². The fourth-order valence-corrected chi connectivity index (χ4v) is 2.39. The number of hydrogen-bond acceptors (Lipinski definition) is 2. The summed E-state index contributed by atoms with van der Waals surface area (Å²) in [5.41, 5.74) is 1.20. The molecular formula is C12H16ClNO. The molecule has 1 aromatic rings. The third kappa shape index (κ3) is 2.27. The first kappa shape index (κ1) is 10.8. The van der Waals surface area contributed by atoms with Crippen molar-refractivity contribution in [1.82, 2.24) is 5.32 Å². The van der Waals surface area contributed by atoms with E-state index in [1.165, 1.54) is 5.56 Å². The van der Waals surface area contributed by atoms with E-state index in [9.17, 15) is 0 Å². The van der Waals surface area contributed by atoms with E-state index in [1.807, 2.05) is 25.2 Å². The van der Waals surface area contributed by atoms with E-state index in [-0.39, 0.29) is 0 Å². The van der Waals surface area contributed by atoms with Gasteiger partial charge in [0.2, 0.25) is 0 Å². The number of rotatable bonds is 4. The summed E-state index contributed by atoms with van der Waals surface area (Å²) >= 11 is 6.18. The van der Waals surface area contributed by atoms with Crippen LogP contribution in [0.5, 0.6) is 5.75 Å². The monoisotopic (exact) mass is 225 g/mol. The van der Waals surface area contributed by atoms with Crippen LogP contribution in [0.1, 0.15) is 24.3 Å². The van der Waals surface area contributed by atoms with Crippen LogP contribution in [0.2, 0.25) is 5.02 Å². The number of hydrogen-bond donors (Lipinski definition) is 1. The van der Waals surface area contributed by atoms with Crippen molar-refractivity contribution < 1.29 is 4.74 Å². The minimum Gasteiger partial charge on any atom is -0.493 e. The Morgan fingerprint density at radius 3 is 3.20 bits per heavy atom. The van der Waals surface area contributed by atoms with Crippen LogP contribution >= 0.6 is 11.6 Å². The largest absolute Gasteiger partial charge is 0.493 e. The van der Waals surface area contributed by atoms with Crippen molar-refractivity contribution in [2.45, 2.75) is 18.8 Å². The smallest absolute Gasteiger partial charge is 0.124 e. The minimum atomic E-state index is 0.474. The number of fused-ring (bicyclic) bond motifs is 1. The molecule has 0 fully saturated rings. The van der Waals surface area contributed by atoms with Gasteiger partial charge < -0.3 is 10.1 Å². The second-order valence-corrected chi connectivity index (χ2v) is 4.31. The van der Waals surface area contributed by atoms with E-state index < -0.39 is 0 Å². The molecule has 1 N–H and O–H groups in total. The fourth-order valence-electron chi connectivity index (χ4n) is 2.07. The van der Waals surface area contributed by atoms with Crippen LogP contribution in [0, 0.1) is 0 Å². The zero-order valence-electron chi connectivity index (χ0n) is 8.92. The summed E-state index contributed by atoms with van der Waals surface area (Å²) in [7, 11) is 1.98. The van der Waals surface area contributed by atoms with Crippen LogP contribution in [0.25, 0.3) is 0 Å². The van der Waals surface area contributed by atoms with Gasteiger partial charge in [-0.25, -0.2) is 0 Å². The van der Waals surface area contributed by atoms with Gasteiger partial charge in [-0.05, 0) is 38.6 Å². The van der Waals surface area contributed by atoms with Crippen LogP contribution in [0.15, 0.2) is 18.2 Å². The maximum atomic E-state index is 6.18. The van der Waals surface area contributed by atoms with Crippen LogP contribution in [0.3, 0.4) is 0 Å². The molecule has 0 bridgehead atoms. The van der Waals surface area contributed by atoms with Crippen molar-refractivity contribution in [1.29, 1.82) is 0 Å². The van der Waals surface area contributed by atoms with Crippen LogP contribution in [-0.2, 0) is 0 Å². The van der Waals surface area contributed by atoms with Crippen molar-refractivity contribution in [3.05, 3.63) is 28.8 Å². The lowest BCUT2D eigenvalue weighted by atomic mass is 9.96. The highest BCUT2D eigenvalue weighted by Gasteiger charge is 2.25. The van der Waals surface area contributed by atoms with Crippen molar-refractivity contribution in [2.24, 2.45) is 0 Å². The molecule has 2 nitrogen and oxygen atoms in total. The molecule has 1 aromatic carbocycles. The predicted molar refractivity (Wildman–Crippen MR) is 62.8 cm³/mol. The maximum absolute atomic E-state index is 6.18. The molecule has 0 amide bonds. The molecule has 1 unspecified atom stereocenters. The third-order valence-electron chi connectivity index (χ3n) is 2.84. The predicted octanol–water partition coefficient (Wildman–Crippen LogP) is 2.82. The molecule has 82 valence electrons. The molecule has 1 atom stereocenters. The molecule has 2 rings (SSSR count). The van der Waals surface area contributed by atoms with Gasteiger partial charge in [0.25, 0.3) is 0 Å². The van der Waals surface area contributed by atoms with E-state index in [1.54, 1.807) is 0 Å². The van der Waals surface area contributed by atoms with Crippen LogP contribution in [-0.4, -0.2) is 20.2 Å². The molecule has 0 saturated heterocycles. The van der Waals surface area contributed by atoms with Gasteiger partial charge in [-0.1, -0.05) is 17.7 Å². The van der Waals surface area contributed by atoms with E-state index in [4.69, 9.17) is 16.3 Å². The van der Waals surface area contributed by atoms with Crippen molar-refractivity contribution in [3.63, 3.8) is 0 Å². The normalized spacial score (nSPS) is 18.7. The van der Waals surface area contributed by atoms with Crippen LogP contribution in [0.4, 0.5) is 0 Å². The third-order valence-corrected chi connectivity index (χ3v) is 3.17. The molecule has 1 aliphatic rings. The zero-order chi connectivity index (χ0) is 10.7. The molecule has 0 spiro atoms. The first-order chi connectivity index (χ1) is 7.33. The lowest BCUT2D eigenvalue weighted by molar-refractivity contribution is 0.323. The van der Waals surface area contributed by atoms with E-state index in [0.717, 1.165) is 36.8 Å².